The zero-order valence-electron chi connectivity index (χ0n) is 18.3. The lowest BCUT2D eigenvalue weighted by Gasteiger charge is -2.11. The number of fused-ring (bicyclic) bond motifs is 2. The van der Waals surface area contributed by atoms with Gasteiger partial charge >= 0.3 is 0 Å². The average molecular weight is 446 g/mol. The lowest BCUT2D eigenvalue weighted by Crippen LogP contribution is -2.31. The van der Waals surface area contributed by atoms with Gasteiger partial charge in [0, 0.05) is 11.4 Å². The van der Waals surface area contributed by atoms with Crippen LogP contribution in [0.1, 0.15) is 29.8 Å². The molecule has 4 rings (SSSR count). The molecule has 0 bridgehead atoms. The van der Waals surface area contributed by atoms with Gasteiger partial charge in [0.1, 0.15) is 17.2 Å². The van der Waals surface area contributed by atoms with Gasteiger partial charge in [-0.3, -0.25) is 4.79 Å². The van der Waals surface area contributed by atoms with Crippen LogP contribution in [0, 0.1) is 17.5 Å². The minimum atomic E-state index is -0.514. The summed E-state index contributed by atoms with van der Waals surface area (Å²) in [5.74, 6) is -1.70. The molecule has 0 aliphatic carbocycles. The molecule has 170 valence electrons. The summed E-state index contributed by atoms with van der Waals surface area (Å²) in [5, 5.41) is 6.64. The Balaban J connectivity index is 0.000000181. The van der Waals surface area contributed by atoms with Crippen LogP contribution in [0.4, 0.5) is 13.2 Å². The topological polar surface area (TPSA) is 67.4 Å². The van der Waals surface area contributed by atoms with Crippen molar-refractivity contribution in [3.05, 3.63) is 71.4 Å². The van der Waals surface area contributed by atoms with Crippen LogP contribution in [0.3, 0.4) is 0 Å². The van der Waals surface area contributed by atoms with Crippen LogP contribution in [-0.2, 0) is 6.42 Å². The normalized spacial score (nSPS) is 13.1. The van der Waals surface area contributed by atoms with Crippen molar-refractivity contribution in [2.45, 2.75) is 32.4 Å². The van der Waals surface area contributed by atoms with Crippen LogP contribution in [-0.4, -0.2) is 32.0 Å². The standard InChI is InChI=1S/C12H13F2NO.C12H12FNO2/c1-7(15-2)5-8-6-10(13)12-9(11(8)14)3-4-16-12;1-7(14-2)12(15)9-6-11-8(3-4-16-11)5-10(9)13/h3-4,6-7,15H,5H2,1-2H3;3-7,14H,1-2H3. The number of ketones is 1. The monoisotopic (exact) mass is 446 g/mol. The van der Waals surface area contributed by atoms with Gasteiger partial charge in [-0.2, -0.15) is 0 Å². The molecule has 0 aliphatic rings. The van der Waals surface area contributed by atoms with Gasteiger partial charge in [0.05, 0.1) is 29.5 Å². The Morgan fingerprint density at radius 1 is 0.969 bits per heavy atom. The van der Waals surface area contributed by atoms with Crippen molar-refractivity contribution in [1.82, 2.24) is 10.6 Å². The first-order chi connectivity index (χ1) is 15.3. The van der Waals surface area contributed by atoms with Gasteiger partial charge in [-0.1, -0.05) is 0 Å². The van der Waals surface area contributed by atoms with Gasteiger partial charge < -0.3 is 19.5 Å². The fourth-order valence-corrected chi connectivity index (χ4v) is 3.24. The number of Topliss-reactive ketones (excluding diaryl/α,β-unsaturated/α-hetero) is 1. The Morgan fingerprint density at radius 3 is 2.38 bits per heavy atom. The highest BCUT2D eigenvalue weighted by Crippen LogP contribution is 2.26. The number of carbonyl (C=O) groups is 1. The van der Waals surface area contributed by atoms with E-state index in [4.69, 9.17) is 8.83 Å². The molecular formula is C24H25F3N2O3. The largest absolute Gasteiger partial charge is 0.464 e. The second-order valence-electron chi connectivity index (χ2n) is 7.55. The number of halogens is 3. The van der Waals surface area contributed by atoms with Crippen LogP contribution in [0.5, 0.6) is 0 Å². The lowest BCUT2D eigenvalue weighted by atomic mass is 10.0. The third kappa shape index (κ3) is 4.87. The van der Waals surface area contributed by atoms with Crippen LogP contribution in [0.15, 0.2) is 51.7 Å². The molecule has 2 heterocycles. The van der Waals surface area contributed by atoms with Gasteiger partial charge in [0.15, 0.2) is 17.2 Å². The van der Waals surface area contributed by atoms with Crippen molar-refractivity contribution in [3.8, 4) is 0 Å². The van der Waals surface area contributed by atoms with Gasteiger partial charge in [0.25, 0.3) is 0 Å². The van der Waals surface area contributed by atoms with Crippen LogP contribution < -0.4 is 10.6 Å². The Kier molecular flexibility index (Phi) is 7.37. The van der Waals surface area contributed by atoms with Crippen molar-refractivity contribution < 1.29 is 26.8 Å². The van der Waals surface area contributed by atoms with E-state index in [0.29, 0.717) is 23.0 Å². The highest BCUT2D eigenvalue weighted by Gasteiger charge is 2.19. The number of benzene rings is 2. The third-order valence-electron chi connectivity index (χ3n) is 5.35. The summed E-state index contributed by atoms with van der Waals surface area (Å²) >= 11 is 0. The summed E-state index contributed by atoms with van der Waals surface area (Å²) in [6.45, 7) is 3.60. The molecule has 2 N–H and O–H groups in total. The number of nitrogens with one attached hydrogen (secondary N) is 2. The third-order valence-corrected chi connectivity index (χ3v) is 5.35. The molecule has 0 aliphatic heterocycles. The molecule has 0 saturated heterocycles. The maximum absolute atomic E-state index is 13.9. The first-order valence-electron chi connectivity index (χ1n) is 10.2. The van der Waals surface area contributed by atoms with Gasteiger partial charge in [-0.25, -0.2) is 13.2 Å². The molecule has 2 aromatic carbocycles. The van der Waals surface area contributed by atoms with Crippen molar-refractivity contribution in [2.24, 2.45) is 0 Å². The van der Waals surface area contributed by atoms with E-state index in [-0.39, 0.29) is 28.4 Å². The van der Waals surface area contributed by atoms with Gasteiger partial charge in [0.2, 0.25) is 0 Å². The summed E-state index contributed by atoms with van der Waals surface area (Å²) < 4.78 is 51.1. The van der Waals surface area contributed by atoms with Crippen molar-refractivity contribution >= 4 is 27.7 Å². The van der Waals surface area contributed by atoms with E-state index in [0.717, 1.165) is 0 Å². The van der Waals surface area contributed by atoms with Crippen molar-refractivity contribution in [3.63, 3.8) is 0 Å². The quantitative estimate of drug-likeness (QED) is 0.398. The van der Waals surface area contributed by atoms with E-state index < -0.39 is 23.5 Å². The SMILES string of the molecule is CNC(C)C(=O)c1cc2occc2cc1F.CNC(C)Cc1cc(F)c2occc2c1F. The molecule has 4 aromatic rings. The molecule has 0 amide bonds. The highest BCUT2D eigenvalue weighted by molar-refractivity contribution is 6.02. The second-order valence-corrected chi connectivity index (χ2v) is 7.55. The number of hydrogen-bond acceptors (Lipinski definition) is 5. The molecule has 32 heavy (non-hydrogen) atoms. The fraction of sp³-hybridized carbons (Fsp3) is 0.292. The van der Waals surface area contributed by atoms with Crippen LogP contribution in [0.25, 0.3) is 21.9 Å². The zero-order valence-corrected chi connectivity index (χ0v) is 18.3. The van der Waals surface area contributed by atoms with E-state index in [1.807, 2.05) is 6.92 Å². The smallest absolute Gasteiger partial charge is 0.182 e. The molecule has 2 unspecified atom stereocenters. The summed E-state index contributed by atoms with van der Waals surface area (Å²) in [6.07, 6.45) is 3.21. The predicted molar refractivity (Wildman–Crippen MR) is 117 cm³/mol. The van der Waals surface area contributed by atoms with Crippen molar-refractivity contribution in [2.75, 3.05) is 14.1 Å². The maximum atomic E-state index is 13.9. The van der Waals surface area contributed by atoms with Gasteiger partial charge in [-0.05, 0) is 70.3 Å². The van der Waals surface area contributed by atoms with Crippen LogP contribution >= 0.6 is 0 Å². The zero-order chi connectivity index (χ0) is 23.4. The number of likely N-dealkylation sites (N-methyl/N-ethyl adjacent to an activating group) is 2. The highest BCUT2D eigenvalue weighted by atomic mass is 19.1. The van der Waals surface area contributed by atoms with E-state index >= 15 is 0 Å². The van der Waals surface area contributed by atoms with E-state index in [2.05, 4.69) is 10.6 Å². The molecule has 2 atom stereocenters. The summed E-state index contributed by atoms with van der Waals surface area (Å²) in [6, 6.07) is 6.75. The Bertz CT molecular complexity index is 1230. The number of furan rings is 2. The average Bonchev–Trinajstić information content (AvgIpc) is 3.45. The molecule has 0 spiro atoms. The maximum Gasteiger partial charge on any atom is 0.182 e. The Morgan fingerprint density at radius 2 is 1.69 bits per heavy atom. The molecule has 0 saturated carbocycles. The number of hydrogen-bond donors (Lipinski definition) is 2. The molecule has 0 fully saturated rings. The minimum absolute atomic E-state index is 0.0154. The first kappa shape index (κ1) is 23.6. The minimum Gasteiger partial charge on any atom is -0.464 e. The summed E-state index contributed by atoms with van der Waals surface area (Å²) in [7, 11) is 3.45. The Hall–Kier alpha value is -3.10. The lowest BCUT2D eigenvalue weighted by molar-refractivity contribution is 0.0951. The van der Waals surface area contributed by atoms with Gasteiger partial charge in [-0.15, -0.1) is 0 Å². The van der Waals surface area contributed by atoms with Crippen molar-refractivity contribution in [1.29, 1.82) is 0 Å². The second kappa shape index (κ2) is 10.0. The van der Waals surface area contributed by atoms with E-state index in [1.54, 1.807) is 27.1 Å². The number of rotatable bonds is 6. The Labute approximate surface area is 183 Å². The molecule has 5 nitrogen and oxygen atoms in total. The van der Waals surface area contributed by atoms with Crippen LogP contribution in [0.2, 0.25) is 0 Å². The number of carbonyl (C=O) groups excluding carboxylic acids is 1. The molecule has 2 aromatic heterocycles. The first-order valence-corrected chi connectivity index (χ1v) is 10.2. The molecule has 0 radical (unpaired) electrons. The summed E-state index contributed by atoms with van der Waals surface area (Å²) in [4.78, 5) is 11.8. The van der Waals surface area contributed by atoms with E-state index in [1.165, 1.54) is 36.8 Å². The molecule has 8 heteroatoms. The molecular weight excluding hydrogens is 421 g/mol. The fourth-order valence-electron chi connectivity index (χ4n) is 3.24. The predicted octanol–water partition coefficient (Wildman–Crippen LogP) is 5.22. The van der Waals surface area contributed by atoms with E-state index in [9.17, 15) is 18.0 Å². The summed E-state index contributed by atoms with van der Waals surface area (Å²) in [5.41, 5.74) is 0.934.